The number of nitrogens with one attached hydrogen (secondary N) is 1. The molecule has 0 aromatic heterocycles. The van der Waals surface area contributed by atoms with Crippen molar-refractivity contribution >= 4 is 11.6 Å². The molecule has 1 N–H and O–H groups in total. The Morgan fingerprint density at radius 2 is 1.52 bits per heavy atom. The average Bonchev–Trinajstić information content (AvgIpc) is 3.42. The molecule has 0 heterocycles. The summed E-state index contributed by atoms with van der Waals surface area (Å²) in [5, 5.41) is 2.91. The molecule has 0 aliphatic heterocycles. The standard InChI is InChI=1S/C19H21NO3/c21-19(15-7-8-15)20-16-9-11-18(12-10-16)23-14-4-13-22-17-5-2-1-3-6-17/h1-3,5-6,9-12,15H,4,7-8,13-14H2,(H,20,21). The van der Waals surface area contributed by atoms with Crippen LogP contribution in [0.5, 0.6) is 11.5 Å². The molecule has 0 spiro atoms. The van der Waals surface area contributed by atoms with Gasteiger partial charge in [-0.2, -0.15) is 0 Å². The van der Waals surface area contributed by atoms with E-state index < -0.39 is 0 Å². The van der Waals surface area contributed by atoms with Gasteiger partial charge in [-0.05, 0) is 49.2 Å². The van der Waals surface area contributed by atoms with Gasteiger partial charge in [-0.1, -0.05) is 18.2 Å². The smallest absolute Gasteiger partial charge is 0.227 e. The Kier molecular flexibility index (Phi) is 5.14. The second-order valence-corrected chi connectivity index (χ2v) is 5.65. The SMILES string of the molecule is O=C(Nc1ccc(OCCCOc2ccccc2)cc1)C1CC1. The maximum Gasteiger partial charge on any atom is 0.227 e. The van der Waals surface area contributed by atoms with Crippen LogP contribution in [-0.4, -0.2) is 19.1 Å². The molecular formula is C19H21NO3. The fourth-order valence-corrected chi connectivity index (χ4v) is 2.18. The monoisotopic (exact) mass is 311 g/mol. The van der Waals surface area contributed by atoms with Crippen LogP contribution < -0.4 is 14.8 Å². The molecule has 23 heavy (non-hydrogen) atoms. The first-order valence-corrected chi connectivity index (χ1v) is 8.03. The highest BCUT2D eigenvalue weighted by atomic mass is 16.5. The molecule has 1 aliphatic carbocycles. The first-order valence-electron chi connectivity index (χ1n) is 8.03. The summed E-state index contributed by atoms with van der Waals surface area (Å²) < 4.78 is 11.3. The molecule has 0 atom stereocenters. The first kappa shape index (κ1) is 15.4. The normalized spacial score (nSPS) is 13.4. The molecule has 0 saturated heterocycles. The zero-order chi connectivity index (χ0) is 15.9. The highest BCUT2D eigenvalue weighted by Gasteiger charge is 2.29. The minimum Gasteiger partial charge on any atom is -0.493 e. The molecule has 120 valence electrons. The number of hydrogen-bond acceptors (Lipinski definition) is 3. The van der Waals surface area contributed by atoms with E-state index >= 15 is 0 Å². The van der Waals surface area contributed by atoms with E-state index in [1.165, 1.54) is 0 Å². The van der Waals surface area contributed by atoms with Crippen LogP contribution in [0.4, 0.5) is 5.69 Å². The van der Waals surface area contributed by atoms with Gasteiger partial charge in [0.05, 0.1) is 13.2 Å². The fourth-order valence-electron chi connectivity index (χ4n) is 2.18. The zero-order valence-electron chi connectivity index (χ0n) is 13.0. The summed E-state index contributed by atoms with van der Waals surface area (Å²) in [5.41, 5.74) is 0.821. The minimum atomic E-state index is 0.122. The van der Waals surface area contributed by atoms with Crippen LogP contribution in [0.25, 0.3) is 0 Å². The lowest BCUT2D eigenvalue weighted by atomic mass is 10.3. The first-order chi connectivity index (χ1) is 11.3. The Balaban J connectivity index is 1.34. The number of carbonyl (C=O) groups is 1. The van der Waals surface area contributed by atoms with Crippen molar-refractivity contribution in [3.63, 3.8) is 0 Å². The highest BCUT2D eigenvalue weighted by molar-refractivity contribution is 5.94. The van der Waals surface area contributed by atoms with E-state index in [-0.39, 0.29) is 11.8 Å². The summed E-state index contributed by atoms with van der Waals surface area (Å²) in [6, 6.07) is 17.2. The van der Waals surface area contributed by atoms with Crippen LogP contribution in [0.2, 0.25) is 0 Å². The Bertz CT molecular complexity index is 621. The molecule has 1 amide bonds. The van der Waals surface area contributed by atoms with E-state index in [1.54, 1.807) is 0 Å². The van der Waals surface area contributed by atoms with Gasteiger partial charge in [0.15, 0.2) is 0 Å². The van der Waals surface area contributed by atoms with Crippen molar-refractivity contribution in [2.24, 2.45) is 5.92 Å². The van der Waals surface area contributed by atoms with Crippen LogP contribution in [0.1, 0.15) is 19.3 Å². The van der Waals surface area contributed by atoms with Gasteiger partial charge in [-0.3, -0.25) is 4.79 Å². The lowest BCUT2D eigenvalue weighted by Crippen LogP contribution is -2.13. The van der Waals surface area contributed by atoms with Crippen LogP contribution >= 0.6 is 0 Å². The number of amides is 1. The molecule has 0 radical (unpaired) electrons. The Labute approximate surface area is 136 Å². The van der Waals surface area contributed by atoms with Crippen LogP contribution in [0.15, 0.2) is 54.6 Å². The third-order valence-electron chi connectivity index (χ3n) is 3.64. The number of hydrogen-bond donors (Lipinski definition) is 1. The van der Waals surface area contributed by atoms with Crippen molar-refractivity contribution in [3.05, 3.63) is 54.6 Å². The zero-order valence-corrected chi connectivity index (χ0v) is 13.0. The van der Waals surface area contributed by atoms with Crippen molar-refractivity contribution in [2.75, 3.05) is 18.5 Å². The Hall–Kier alpha value is -2.49. The van der Waals surface area contributed by atoms with E-state index in [9.17, 15) is 4.79 Å². The van der Waals surface area contributed by atoms with Gasteiger partial charge in [0.25, 0.3) is 0 Å². The predicted molar refractivity (Wildman–Crippen MR) is 89.8 cm³/mol. The van der Waals surface area contributed by atoms with Gasteiger partial charge in [-0.25, -0.2) is 0 Å². The molecule has 0 unspecified atom stereocenters. The molecule has 1 aliphatic rings. The topological polar surface area (TPSA) is 47.6 Å². The summed E-state index contributed by atoms with van der Waals surface area (Å²) >= 11 is 0. The van der Waals surface area contributed by atoms with Gasteiger partial charge < -0.3 is 14.8 Å². The van der Waals surface area contributed by atoms with Crippen LogP contribution in [0.3, 0.4) is 0 Å². The number of rotatable bonds is 8. The molecule has 0 bridgehead atoms. The molecule has 3 rings (SSSR count). The third-order valence-corrected chi connectivity index (χ3v) is 3.64. The van der Waals surface area contributed by atoms with E-state index in [1.807, 2.05) is 54.6 Å². The van der Waals surface area contributed by atoms with Crippen molar-refractivity contribution < 1.29 is 14.3 Å². The summed E-state index contributed by atoms with van der Waals surface area (Å²) in [4.78, 5) is 11.7. The van der Waals surface area contributed by atoms with Gasteiger partial charge >= 0.3 is 0 Å². The number of para-hydroxylation sites is 1. The molecular weight excluding hydrogens is 290 g/mol. The van der Waals surface area contributed by atoms with E-state index in [0.717, 1.165) is 36.4 Å². The lowest BCUT2D eigenvalue weighted by molar-refractivity contribution is -0.117. The maximum absolute atomic E-state index is 11.7. The summed E-state index contributed by atoms with van der Waals surface area (Å²) in [5.74, 6) is 2.02. The van der Waals surface area contributed by atoms with E-state index in [0.29, 0.717) is 13.2 Å². The van der Waals surface area contributed by atoms with Gasteiger partial charge in [0.2, 0.25) is 5.91 Å². The minimum absolute atomic E-state index is 0.122. The van der Waals surface area contributed by atoms with Gasteiger partial charge in [0, 0.05) is 18.0 Å². The quantitative estimate of drug-likeness (QED) is 0.753. The average molecular weight is 311 g/mol. The van der Waals surface area contributed by atoms with Crippen molar-refractivity contribution in [3.8, 4) is 11.5 Å². The molecule has 1 fully saturated rings. The van der Waals surface area contributed by atoms with Crippen LogP contribution in [0, 0.1) is 5.92 Å². The maximum atomic E-state index is 11.7. The Morgan fingerprint density at radius 3 is 2.13 bits per heavy atom. The molecule has 4 nitrogen and oxygen atoms in total. The summed E-state index contributed by atoms with van der Waals surface area (Å²) in [6.45, 7) is 1.22. The summed E-state index contributed by atoms with van der Waals surface area (Å²) in [6.07, 6.45) is 2.84. The fraction of sp³-hybridized carbons (Fsp3) is 0.316. The predicted octanol–water partition coefficient (Wildman–Crippen LogP) is 3.88. The lowest BCUT2D eigenvalue weighted by Gasteiger charge is -2.09. The highest BCUT2D eigenvalue weighted by Crippen LogP contribution is 2.30. The largest absolute Gasteiger partial charge is 0.493 e. The number of carbonyl (C=O) groups excluding carboxylic acids is 1. The van der Waals surface area contributed by atoms with Gasteiger partial charge in [0.1, 0.15) is 11.5 Å². The molecule has 1 saturated carbocycles. The molecule has 2 aromatic rings. The van der Waals surface area contributed by atoms with Crippen molar-refractivity contribution in [1.82, 2.24) is 0 Å². The number of benzene rings is 2. The third kappa shape index (κ3) is 5.02. The van der Waals surface area contributed by atoms with Crippen molar-refractivity contribution in [2.45, 2.75) is 19.3 Å². The van der Waals surface area contributed by atoms with E-state index in [2.05, 4.69) is 5.32 Å². The van der Waals surface area contributed by atoms with Crippen LogP contribution in [-0.2, 0) is 4.79 Å². The van der Waals surface area contributed by atoms with Gasteiger partial charge in [-0.15, -0.1) is 0 Å². The number of anilines is 1. The second-order valence-electron chi connectivity index (χ2n) is 5.65. The molecule has 2 aromatic carbocycles. The number of ether oxygens (including phenoxy) is 2. The van der Waals surface area contributed by atoms with Crippen molar-refractivity contribution in [1.29, 1.82) is 0 Å². The Morgan fingerprint density at radius 1 is 0.913 bits per heavy atom. The van der Waals surface area contributed by atoms with E-state index in [4.69, 9.17) is 9.47 Å². The molecule has 4 heteroatoms. The second kappa shape index (κ2) is 7.68. The summed E-state index contributed by atoms with van der Waals surface area (Å²) in [7, 11) is 0.